The zero-order valence-electron chi connectivity index (χ0n) is 17.5. The van der Waals surface area contributed by atoms with E-state index in [1.807, 2.05) is 37.4 Å². The van der Waals surface area contributed by atoms with Crippen molar-refractivity contribution in [3.05, 3.63) is 35.9 Å². The standard InChI is InChI=1S/C21H35N5O.HI/c1-4-14-26-15-11-19(12-16-26)24-21(22-2)23-13-10-20(27)25(3)17-18-8-6-5-7-9-18;/h5-9,19H,4,10-17H2,1-3H3,(H2,22,23,24);1H. The predicted octanol–water partition coefficient (Wildman–Crippen LogP) is 2.69. The summed E-state index contributed by atoms with van der Waals surface area (Å²) in [5.41, 5.74) is 1.15. The quantitative estimate of drug-likeness (QED) is 0.327. The summed E-state index contributed by atoms with van der Waals surface area (Å²) in [7, 11) is 3.64. The van der Waals surface area contributed by atoms with Crippen molar-refractivity contribution in [1.82, 2.24) is 20.4 Å². The van der Waals surface area contributed by atoms with Crippen LogP contribution in [0.2, 0.25) is 0 Å². The molecule has 2 N–H and O–H groups in total. The lowest BCUT2D eigenvalue weighted by Gasteiger charge is -2.32. The van der Waals surface area contributed by atoms with E-state index in [1.54, 1.807) is 11.9 Å². The van der Waals surface area contributed by atoms with Gasteiger partial charge >= 0.3 is 0 Å². The molecule has 6 nitrogen and oxygen atoms in total. The molecule has 1 aromatic carbocycles. The Hall–Kier alpha value is -1.35. The minimum atomic E-state index is 0. The number of hydrogen-bond acceptors (Lipinski definition) is 3. The molecule has 2 rings (SSSR count). The highest BCUT2D eigenvalue weighted by Crippen LogP contribution is 2.10. The van der Waals surface area contributed by atoms with Crippen LogP contribution in [0.1, 0.15) is 38.2 Å². The van der Waals surface area contributed by atoms with Crippen LogP contribution in [0, 0.1) is 0 Å². The van der Waals surface area contributed by atoms with E-state index in [0.717, 1.165) is 37.5 Å². The highest BCUT2D eigenvalue weighted by molar-refractivity contribution is 14.0. The van der Waals surface area contributed by atoms with Crippen LogP contribution in [0.25, 0.3) is 0 Å². The molecule has 1 amide bonds. The number of benzene rings is 1. The monoisotopic (exact) mass is 501 g/mol. The molecule has 28 heavy (non-hydrogen) atoms. The molecule has 158 valence electrons. The highest BCUT2D eigenvalue weighted by Gasteiger charge is 2.19. The number of nitrogens with zero attached hydrogens (tertiary/aromatic N) is 3. The first-order valence-corrected chi connectivity index (χ1v) is 10.1. The van der Waals surface area contributed by atoms with E-state index in [0.29, 0.717) is 25.6 Å². The van der Waals surface area contributed by atoms with Crippen LogP contribution in [0.3, 0.4) is 0 Å². The van der Waals surface area contributed by atoms with E-state index in [1.165, 1.54) is 13.0 Å². The van der Waals surface area contributed by atoms with E-state index in [4.69, 9.17) is 0 Å². The van der Waals surface area contributed by atoms with E-state index in [9.17, 15) is 4.79 Å². The van der Waals surface area contributed by atoms with Crippen molar-refractivity contribution in [2.24, 2.45) is 4.99 Å². The minimum absolute atomic E-state index is 0. The minimum Gasteiger partial charge on any atom is -0.356 e. The van der Waals surface area contributed by atoms with E-state index in [-0.39, 0.29) is 29.9 Å². The summed E-state index contributed by atoms with van der Waals surface area (Å²) in [6, 6.07) is 10.5. The molecule has 0 saturated carbocycles. The molecule has 1 heterocycles. The first-order valence-electron chi connectivity index (χ1n) is 10.1. The maximum absolute atomic E-state index is 12.3. The van der Waals surface area contributed by atoms with E-state index in [2.05, 4.69) is 27.4 Å². The van der Waals surface area contributed by atoms with Crippen molar-refractivity contribution in [3.8, 4) is 0 Å². The second-order valence-corrected chi connectivity index (χ2v) is 7.24. The van der Waals surface area contributed by atoms with Crippen molar-refractivity contribution in [2.75, 3.05) is 40.3 Å². The van der Waals surface area contributed by atoms with Gasteiger partial charge in [-0.3, -0.25) is 9.79 Å². The first kappa shape index (κ1) is 24.7. The molecule has 0 radical (unpaired) electrons. The van der Waals surface area contributed by atoms with Gasteiger partial charge in [0.05, 0.1) is 0 Å². The number of carbonyl (C=O) groups excluding carboxylic acids is 1. The number of rotatable bonds is 8. The second-order valence-electron chi connectivity index (χ2n) is 7.24. The number of amides is 1. The third-order valence-electron chi connectivity index (χ3n) is 5.01. The molecule has 1 aromatic rings. The van der Waals surface area contributed by atoms with Gasteiger partial charge in [-0.2, -0.15) is 0 Å². The Kier molecular flexibility index (Phi) is 12.1. The first-order chi connectivity index (χ1) is 13.1. The molecule has 0 aromatic heterocycles. The summed E-state index contributed by atoms with van der Waals surface area (Å²) >= 11 is 0. The fraction of sp³-hybridized carbons (Fsp3) is 0.619. The molecule has 0 spiro atoms. The SMILES string of the molecule is CCCN1CCC(NC(=NC)NCCC(=O)N(C)Cc2ccccc2)CC1.I. The summed E-state index contributed by atoms with van der Waals surface area (Å²) in [6.07, 6.45) is 3.95. The maximum Gasteiger partial charge on any atom is 0.224 e. The average molecular weight is 501 g/mol. The van der Waals surface area contributed by atoms with E-state index < -0.39 is 0 Å². The van der Waals surface area contributed by atoms with Crippen molar-refractivity contribution in [2.45, 2.75) is 45.2 Å². The molecule has 1 fully saturated rings. The summed E-state index contributed by atoms with van der Waals surface area (Å²) in [4.78, 5) is 20.9. The summed E-state index contributed by atoms with van der Waals surface area (Å²) in [5, 5.41) is 6.78. The molecular weight excluding hydrogens is 465 g/mol. The molecule has 7 heteroatoms. The topological polar surface area (TPSA) is 60.0 Å². The predicted molar refractivity (Wildman–Crippen MR) is 127 cm³/mol. The Morgan fingerprint density at radius 2 is 1.93 bits per heavy atom. The number of likely N-dealkylation sites (tertiary alicyclic amines) is 1. The summed E-state index contributed by atoms with van der Waals surface area (Å²) in [6.45, 7) is 6.94. The van der Waals surface area contributed by atoms with Crippen LogP contribution in [-0.4, -0.2) is 68.0 Å². The van der Waals surface area contributed by atoms with Crippen LogP contribution >= 0.6 is 24.0 Å². The van der Waals surface area contributed by atoms with Gasteiger partial charge < -0.3 is 20.4 Å². The van der Waals surface area contributed by atoms with Gasteiger partial charge in [0, 0.05) is 52.7 Å². The normalized spacial score (nSPS) is 15.6. The summed E-state index contributed by atoms with van der Waals surface area (Å²) in [5.74, 6) is 0.928. The van der Waals surface area contributed by atoms with Gasteiger partial charge in [0.2, 0.25) is 5.91 Å². The largest absolute Gasteiger partial charge is 0.356 e. The third kappa shape index (κ3) is 8.77. The number of aliphatic imine (C=N–C) groups is 1. The van der Waals surface area contributed by atoms with E-state index >= 15 is 0 Å². The fourth-order valence-corrected chi connectivity index (χ4v) is 3.43. The Morgan fingerprint density at radius 3 is 2.54 bits per heavy atom. The summed E-state index contributed by atoms with van der Waals surface area (Å²) < 4.78 is 0. The van der Waals surface area contributed by atoms with Crippen LogP contribution in [0.15, 0.2) is 35.3 Å². The Bertz CT molecular complexity index is 588. The number of hydrogen-bond donors (Lipinski definition) is 2. The van der Waals surface area contributed by atoms with Crippen molar-refractivity contribution in [1.29, 1.82) is 0 Å². The van der Waals surface area contributed by atoms with Crippen LogP contribution in [-0.2, 0) is 11.3 Å². The molecule has 0 aliphatic carbocycles. The second kappa shape index (κ2) is 13.8. The Labute approximate surface area is 187 Å². The van der Waals surface area contributed by atoms with Crippen molar-refractivity contribution < 1.29 is 4.79 Å². The van der Waals surface area contributed by atoms with Crippen LogP contribution in [0.5, 0.6) is 0 Å². The molecule has 0 atom stereocenters. The molecule has 1 saturated heterocycles. The molecule has 0 bridgehead atoms. The average Bonchev–Trinajstić information content (AvgIpc) is 2.69. The molecular formula is C21H36IN5O. The number of piperidine rings is 1. The molecule has 1 aliphatic rings. The number of carbonyl (C=O) groups is 1. The van der Waals surface area contributed by atoms with Gasteiger partial charge in [-0.05, 0) is 31.4 Å². The smallest absolute Gasteiger partial charge is 0.224 e. The molecule has 1 aliphatic heterocycles. The van der Waals surface area contributed by atoms with Crippen LogP contribution < -0.4 is 10.6 Å². The van der Waals surface area contributed by atoms with Gasteiger partial charge in [-0.15, -0.1) is 24.0 Å². The van der Waals surface area contributed by atoms with Crippen molar-refractivity contribution >= 4 is 35.8 Å². The lowest BCUT2D eigenvalue weighted by atomic mass is 10.1. The maximum atomic E-state index is 12.3. The Balaban J connectivity index is 0.00000392. The van der Waals surface area contributed by atoms with Gasteiger partial charge in [0.1, 0.15) is 0 Å². The zero-order valence-corrected chi connectivity index (χ0v) is 19.8. The third-order valence-corrected chi connectivity index (χ3v) is 5.01. The van der Waals surface area contributed by atoms with Crippen molar-refractivity contribution in [3.63, 3.8) is 0 Å². The fourth-order valence-electron chi connectivity index (χ4n) is 3.43. The van der Waals surface area contributed by atoms with Gasteiger partial charge in [-0.1, -0.05) is 37.3 Å². The van der Waals surface area contributed by atoms with Gasteiger partial charge in [-0.25, -0.2) is 0 Å². The number of guanidine groups is 1. The van der Waals surface area contributed by atoms with Gasteiger partial charge in [0.25, 0.3) is 0 Å². The number of halogens is 1. The molecule has 0 unspecified atom stereocenters. The Morgan fingerprint density at radius 1 is 1.25 bits per heavy atom. The lowest BCUT2D eigenvalue weighted by molar-refractivity contribution is -0.130. The van der Waals surface area contributed by atoms with Crippen LogP contribution in [0.4, 0.5) is 0 Å². The number of nitrogens with one attached hydrogen (secondary N) is 2. The van der Waals surface area contributed by atoms with Gasteiger partial charge in [0.15, 0.2) is 5.96 Å². The highest BCUT2D eigenvalue weighted by atomic mass is 127. The lowest BCUT2D eigenvalue weighted by Crippen LogP contribution is -2.49. The zero-order chi connectivity index (χ0) is 19.5.